The molecule has 4 aromatic heterocycles. The van der Waals surface area contributed by atoms with E-state index in [0.717, 1.165) is 78.1 Å². The van der Waals surface area contributed by atoms with Gasteiger partial charge in [0, 0.05) is 39.4 Å². The SMILES string of the molecule is Cc1ccc2ccc3c(C(C)(C)C)cc(-c4ccc(-c5cccc(-c6cc(-c7ccccn7)nc(-c7ccccc7)n6)c5)cc4)nc3c2n1. The first-order valence-electron chi connectivity index (χ1n) is 16.6. The third-order valence-corrected chi connectivity index (χ3v) is 8.94. The number of benzene rings is 4. The highest BCUT2D eigenvalue weighted by Gasteiger charge is 2.21. The molecule has 0 spiro atoms. The van der Waals surface area contributed by atoms with Crippen LogP contribution in [0.15, 0.2) is 140 Å². The lowest BCUT2D eigenvalue weighted by atomic mass is 9.83. The van der Waals surface area contributed by atoms with Crippen LogP contribution in [0.2, 0.25) is 0 Å². The summed E-state index contributed by atoms with van der Waals surface area (Å²) in [6.45, 7) is 8.81. The summed E-state index contributed by atoms with van der Waals surface area (Å²) in [5, 5.41) is 2.26. The van der Waals surface area contributed by atoms with E-state index in [1.807, 2.05) is 61.5 Å². The van der Waals surface area contributed by atoms with E-state index in [1.165, 1.54) is 5.56 Å². The molecule has 0 saturated heterocycles. The zero-order valence-corrected chi connectivity index (χ0v) is 28.0. The Morgan fingerprint density at radius 1 is 0.449 bits per heavy atom. The smallest absolute Gasteiger partial charge is 0.160 e. The van der Waals surface area contributed by atoms with Gasteiger partial charge in [-0.15, -0.1) is 0 Å². The van der Waals surface area contributed by atoms with E-state index < -0.39 is 0 Å². The minimum atomic E-state index is -0.0639. The predicted molar refractivity (Wildman–Crippen MR) is 201 cm³/mol. The number of nitrogens with zero attached hydrogens (tertiary/aromatic N) is 5. The van der Waals surface area contributed by atoms with Gasteiger partial charge in [0.15, 0.2) is 5.82 Å². The van der Waals surface area contributed by atoms with Crippen molar-refractivity contribution in [2.24, 2.45) is 0 Å². The molecule has 4 aromatic carbocycles. The van der Waals surface area contributed by atoms with Gasteiger partial charge in [-0.25, -0.2) is 15.0 Å². The Bertz CT molecular complexity index is 2410. The lowest BCUT2D eigenvalue weighted by Crippen LogP contribution is -2.12. The number of rotatable bonds is 5. The first-order chi connectivity index (χ1) is 23.8. The zero-order chi connectivity index (χ0) is 33.5. The second kappa shape index (κ2) is 12.2. The largest absolute Gasteiger partial charge is 0.255 e. The van der Waals surface area contributed by atoms with Crippen molar-refractivity contribution in [1.29, 1.82) is 0 Å². The fourth-order valence-electron chi connectivity index (χ4n) is 6.39. The second-order valence-corrected chi connectivity index (χ2v) is 13.5. The Hall–Kier alpha value is -6.07. The summed E-state index contributed by atoms with van der Waals surface area (Å²) in [6, 6.07) is 46.0. The average Bonchev–Trinajstić information content (AvgIpc) is 3.14. The molecule has 0 atom stereocenters. The molecule has 0 aliphatic heterocycles. The van der Waals surface area contributed by atoms with Crippen LogP contribution in [0.4, 0.5) is 0 Å². The highest BCUT2D eigenvalue weighted by atomic mass is 14.9. The van der Waals surface area contributed by atoms with Crippen LogP contribution in [0, 0.1) is 6.92 Å². The van der Waals surface area contributed by atoms with Crippen molar-refractivity contribution in [3.05, 3.63) is 151 Å². The number of hydrogen-bond donors (Lipinski definition) is 0. The van der Waals surface area contributed by atoms with Crippen molar-refractivity contribution < 1.29 is 0 Å². The number of hydrogen-bond acceptors (Lipinski definition) is 5. The molecule has 0 unspecified atom stereocenters. The molecule has 8 aromatic rings. The average molecular weight is 634 g/mol. The second-order valence-electron chi connectivity index (χ2n) is 13.5. The first-order valence-corrected chi connectivity index (χ1v) is 16.6. The Morgan fingerprint density at radius 3 is 1.92 bits per heavy atom. The highest BCUT2D eigenvalue weighted by molar-refractivity contribution is 6.05. The van der Waals surface area contributed by atoms with Gasteiger partial charge in [-0.2, -0.15) is 0 Å². The summed E-state index contributed by atoms with van der Waals surface area (Å²) in [5.41, 5.74) is 12.7. The summed E-state index contributed by atoms with van der Waals surface area (Å²) < 4.78 is 0. The number of fused-ring (bicyclic) bond motifs is 3. The standard InChI is InChI=1S/C44H35N5/c1-28-16-17-31-22-23-35-36(44(2,3)4)26-38(47-42(35)41(31)46-28)30-20-18-29(19-21-30)33-13-10-14-34(25-33)39-27-40(37-15-8-9-24-45-37)49-43(48-39)32-11-6-5-7-12-32/h5-27H,1-4H3. The minimum Gasteiger partial charge on any atom is -0.255 e. The summed E-state index contributed by atoms with van der Waals surface area (Å²) in [4.78, 5) is 24.6. The Labute approximate surface area is 286 Å². The molecule has 0 amide bonds. The fraction of sp³-hybridized carbons (Fsp3) is 0.114. The Morgan fingerprint density at radius 2 is 1.14 bits per heavy atom. The van der Waals surface area contributed by atoms with Gasteiger partial charge in [-0.1, -0.05) is 118 Å². The van der Waals surface area contributed by atoms with E-state index in [2.05, 4.69) is 105 Å². The molecule has 4 heterocycles. The van der Waals surface area contributed by atoms with Crippen LogP contribution in [-0.2, 0) is 5.41 Å². The molecule has 0 aliphatic carbocycles. The molecule has 236 valence electrons. The summed E-state index contributed by atoms with van der Waals surface area (Å²) in [5.74, 6) is 0.671. The van der Waals surface area contributed by atoms with Crippen molar-refractivity contribution in [1.82, 2.24) is 24.9 Å². The summed E-state index contributed by atoms with van der Waals surface area (Å²) in [6.07, 6.45) is 1.79. The third-order valence-electron chi connectivity index (χ3n) is 8.94. The van der Waals surface area contributed by atoms with Crippen LogP contribution in [0.5, 0.6) is 0 Å². The number of aryl methyl sites for hydroxylation is 1. The molecule has 0 aliphatic rings. The van der Waals surface area contributed by atoms with Crippen LogP contribution < -0.4 is 0 Å². The monoisotopic (exact) mass is 633 g/mol. The quantitative estimate of drug-likeness (QED) is 0.176. The zero-order valence-electron chi connectivity index (χ0n) is 28.0. The molecule has 49 heavy (non-hydrogen) atoms. The van der Waals surface area contributed by atoms with Crippen molar-refractivity contribution in [2.75, 3.05) is 0 Å². The van der Waals surface area contributed by atoms with Crippen molar-refractivity contribution in [2.45, 2.75) is 33.1 Å². The van der Waals surface area contributed by atoms with E-state index in [0.29, 0.717) is 5.82 Å². The van der Waals surface area contributed by atoms with E-state index in [1.54, 1.807) is 6.20 Å². The van der Waals surface area contributed by atoms with Gasteiger partial charge in [-0.3, -0.25) is 9.97 Å². The lowest BCUT2D eigenvalue weighted by Gasteiger charge is -2.23. The van der Waals surface area contributed by atoms with Crippen LogP contribution in [0.1, 0.15) is 32.0 Å². The summed E-state index contributed by atoms with van der Waals surface area (Å²) >= 11 is 0. The minimum absolute atomic E-state index is 0.0639. The van der Waals surface area contributed by atoms with E-state index in [9.17, 15) is 0 Å². The van der Waals surface area contributed by atoms with E-state index in [-0.39, 0.29) is 5.41 Å². The van der Waals surface area contributed by atoms with Crippen LogP contribution in [0.25, 0.3) is 78.2 Å². The lowest BCUT2D eigenvalue weighted by molar-refractivity contribution is 0.595. The Kier molecular flexibility index (Phi) is 7.53. The van der Waals surface area contributed by atoms with Gasteiger partial charge in [0.05, 0.1) is 33.8 Å². The molecule has 0 saturated carbocycles. The first kappa shape index (κ1) is 30.3. The molecular weight excluding hydrogens is 599 g/mol. The topological polar surface area (TPSA) is 64.5 Å². The molecular formula is C44H35N5. The van der Waals surface area contributed by atoms with Gasteiger partial charge >= 0.3 is 0 Å². The maximum Gasteiger partial charge on any atom is 0.160 e. The van der Waals surface area contributed by atoms with Crippen molar-refractivity contribution in [3.63, 3.8) is 0 Å². The van der Waals surface area contributed by atoms with Gasteiger partial charge in [0.2, 0.25) is 0 Å². The van der Waals surface area contributed by atoms with Gasteiger partial charge < -0.3 is 0 Å². The van der Waals surface area contributed by atoms with E-state index in [4.69, 9.17) is 19.9 Å². The molecule has 0 bridgehead atoms. The van der Waals surface area contributed by atoms with Crippen LogP contribution >= 0.6 is 0 Å². The molecule has 0 radical (unpaired) electrons. The summed E-state index contributed by atoms with van der Waals surface area (Å²) in [7, 11) is 0. The predicted octanol–water partition coefficient (Wildman–Crippen LogP) is 10.9. The molecule has 5 heteroatoms. The van der Waals surface area contributed by atoms with Gasteiger partial charge in [0.25, 0.3) is 0 Å². The maximum atomic E-state index is 5.23. The molecule has 5 nitrogen and oxygen atoms in total. The number of pyridine rings is 3. The van der Waals surface area contributed by atoms with Gasteiger partial charge in [0.1, 0.15) is 0 Å². The molecule has 0 N–H and O–H groups in total. The van der Waals surface area contributed by atoms with Crippen molar-refractivity contribution in [3.8, 4) is 56.4 Å². The molecule has 0 fully saturated rings. The normalized spacial score (nSPS) is 11.7. The van der Waals surface area contributed by atoms with Gasteiger partial charge in [-0.05, 0) is 65.4 Å². The van der Waals surface area contributed by atoms with Crippen molar-refractivity contribution >= 4 is 21.8 Å². The maximum absolute atomic E-state index is 5.23. The highest BCUT2D eigenvalue weighted by Crippen LogP contribution is 2.36. The fourth-order valence-corrected chi connectivity index (χ4v) is 6.39. The van der Waals surface area contributed by atoms with Crippen LogP contribution in [0.3, 0.4) is 0 Å². The molecule has 8 rings (SSSR count). The third kappa shape index (κ3) is 5.96. The number of aromatic nitrogens is 5. The Balaban J connectivity index is 1.19. The van der Waals surface area contributed by atoms with Crippen LogP contribution in [-0.4, -0.2) is 24.9 Å². The van der Waals surface area contributed by atoms with E-state index >= 15 is 0 Å².